The predicted molar refractivity (Wildman–Crippen MR) is 99.3 cm³/mol. The van der Waals surface area contributed by atoms with Gasteiger partial charge in [-0.15, -0.1) is 0 Å². The van der Waals surface area contributed by atoms with Crippen LogP contribution >= 0.6 is 0 Å². The van der Waals surface area contributed by atoms with Crippen LogP contribution in [0, 0.1) is 5.92 Å². The van der Waals surface area contributed by atoms with E-state index in [1.54, 1.807) is 19.2 Å². The Kier molecular flexibility index (Phi) is 4.18. The highest BCUT2D eigenvalue weighted by Gasteiger charge is 2.63. The fourth-order valence-electron chi connectivity index (χ4n) is 5.19. The van der Waals surface area contributed by atoms with Crippen LogP contribution < -0.4 is 15.0 Å². The van der Waals surface area contributed by atoms with E-state index >= 15 is 0 Å². The number of anilines is 1. The maximum absolute atomic E-state index is 13.6. The van der Waals surface area contributed by atoms with Gasteiger partial charge in [0.15, 0.2) is 0 Å². The molecule has 3 amide bonds. The van der Waals surface area contributed by atoms with E-state index in [0.29, 0.717) is 29.8 Å². The highest BCUT2D eigenvalue weighted by molar-refractivity contribution is 6.24. The van der Waals surface area contributed by atoms with Crippen molar-refractivity contribution in [2.45, 2.75) is 57.2 Å². The van der Waals surface area contributed by atoms with Gasteiger partial charge in [0, 0.05) is 12.1 Å². The minimum Gasteiger partial charge on any atom is -0.495 e. The normalized spacial score (nSPS) is 31.2. The molecule has 6 nitrogen and oxygen atoms in total. The summed E-state index contributed by atoms with van der Waals surface area (Å²) >= 11 is 0. The molecule has 3 fully saturated rings. The van der Waals surface area contributed by atoms with Crippen LogP contribution in [0.15, 0.2) is 24.3 Å². The van der Waals surface area contributed by atoms with Crippen LogP contribution in [0.5, 0.6) is 5.75 Å². The number of imide groups is 1. The molecule has 0 aromatic heterocycles. The Morgan fingerprint density at radius 1 is 1.23 bits per heavy atom. The summed E-state index contributed by atoms with van der Waals surface area (Å²) in [5.74, 6) is 0.903. The van der Waals surface area contributed by atoms with Crippen LogP contribution in [0.3, 0.4) is 0 Å². The number of nitrogens with one attached hydrogen (secondary N) is 1. The molecule has 3 unspecified atom stereocenters. The van der Waals surface area contributed by atoms with Crippen molar-refractivity contribution >= 4 is 17.6 Å². The molecular weight excluding hydrogens is 330 g/mol. The number of benzene rings is 1. The molecule has 1 saturated carbocycles. The standard InChI is InChI=1S/C20H27N3O3/c1-13(2)23-19(25)22(16-8-4-5-9-17(16)26-3)18(24)20(23)11-14-7-6-10-21-15(14)12-20/h4-5,8-9,13-15,21H,6-7,10-12H2,1-3H3. The van der Waals surface area contributed by atoms with Gasteiger partial charge in [-0.05, 0) is 64.1 Å². The van der Waals surface area contributed by atoms with Gasteiger partial charge in [-0.2, -0.15) is 0 Å². The number of carbonyl (C=O) groups is 2. The zero-order valence-corrected chi connectivity index (χ0v) is 15.7. The predicted octanol–water partition coefficient (Wildman–Crippen LogP) is 2.77. The van der Waals surface area contributed by atoms with E-state index in [4.69, 9.17) is 4.74 Å². The van der Waals surface area contributed by atoms with Crippen molar-refractivity contribution in [3.8, 4) is 5.75 Å². The summed E-state index contributed by atoms with van der Waals surface area (Å²) in [6, 6.07) is 7.30. The first-order valence-electron chi connectivity index (χ1n) is 9.54. The number of fused-ring (bicyclic) bond motifs is 1. The molecule has 4 rings (SSSR count). The molecule has 140 valence electrons. The number of amides is 3. The average Bonchev–Trinajstić information content (AvgIpc) is 3.10. The molecule has 1 aliphatic carbocycles. The first-order chi connectivity index (χ1) is 12.5. The SMILES string of the molecule is COc1ccccc1N1C(=O)N(C(C)C)C2(CC3CCCNC3C2)C1=O. The third kappa shape index (κ3) is 2.35. The van der Waals surface area contributed by atoms with Crippen molar-refractivity contribution < 1.29 is 14.3 Å². The van der Waals surface area contributed by atoms with E-state index in [0.717, 1.165) is 25.8 Å². The van der Waals surface area contributed by atoms with Crippen LogP contribution in [0.1, 0.15) is 39.5 Å². The number of hydrogen-bond acceptors (Lipinski definition) is 4. The molecule has 1 aromatic rings. The van der Waals surface area contributed by atoms with Crippen LogP contribution in [0.4, 0.5) is 10.5 Å². The minimum absolute atomic E-state index is 0.0358. The third-order valence-electron chi connectivity index (χ3n) is 6.19. The molecule has 1 N–H and O–H groups in total. The first-order valence-corrected chi connectivity index (χ1v) is 9.54. The number of nitrogens with zero attached hydrogens (tertiary/aromatic N) is 2. The van der Waals surface area contributed by atoms with Gasteiger partial charge in [0.25, 0.3) is 5.91 Å². The minimum atomic E-state index is -0.737. The average molecular weight is 357 g/mol. The molecule has 2 aliphatic heterocycles. The van der Waals surface area contributed by atoms with Crippen molar-refractivity contribution in [1.82, 2.24) is 10.2 Å². The molecule has 26 heavy (non-hydrogen) atoms. The van der Waals surface area contributed by atoms with Crippen LogP contribution in [0.25, 0.3) is 0 Å². The highest BCUT2D eigenvalue weighted by Crippen LogP contribution is 2.49. The number of hydrogen-bond donors (Lipinski definition) is 1. The molecule has 2 heterocycles. The van der Waals surface area contributed by atoms with Crippen LogP contribution in [-0.2, 0) is 4.79 Å². The highest BCUT2D eigenvalue weighted by atomic mass is 16.5. The molecule has 1 spiro atoms. The molecular formula is C20H27N3O3. The lowest BCUT2D eigenvalue weighted by atomic mass is 9.91. The van der Waals surface area contributed by atoms with Gasteiger partial charge < -0.3 is 15.0 Å². The molecule has 1 aromatic carbocycles. The summed E-state index contributed by atoms with van der Waals surface area (Å²) in [6.45, 7) is 4.99. The Balaban J connectivity index is 1.78. The maximum Gasteiger partial charge on any atom is 0.332 e. The Morgan fingerprint density at radius 2 is 2.00 bits per heavy atom. The summed E-state index contributed by atoms with van der Waals surface area (Å²) in [5, 5.41) is 3.57. The van der Waals surface area contributed by atoms with Gasteiger partial charge >= 0.3 is 6.03 Å². The molecule has 3 aliphatic rings. The lowest BCUT2D eigenvalue weighted by molar-refractivity contribution is -0.125. The summed E-state index contributed by atoms with van der Waals surface area (Å²) < 4.78 is 5.42. The van der Waals surface area contributed by atoms with E-state index in [1.165, 1.54) is 4.90 Å². The second kappa shape index (κ2) is 6.27. The molecule has 2 saturated heterocycles. The van der Waals surface area contributed by atoms with Crippen molar-refractivity contribution in [2.75, 3.05) is 18.6 Å². The molecule has 0 bridgehead atoms. The second-order valence-electron chi connectivity index (χ2n) is 7.96. The largest absolute Gasteiger partial charge is 0.495 e. The van der Waals surface area contributed by atoms with Crippen molar-refractivity contribution in [3.63, 3.8) is 0 Å². The third-order valence-corrected chi connectivity index (χ3v) is 6.19. The lowest BCUT2D eigenvalue weighted by Crippen LogP contribution is -2.51. The Labute approximate surface area is 154 Å². The van der Waals surface area contributed by atoms with Crippen LogP contribution in [0.2, 0.25) is 0 Å². The van der Waals surface area contributed by atoms with Gasteiger partial charge in [0.1, 0.15) is 11.3 Å². The summed E-state index contributed by atoms with van der Waals surface area (Å²) in [5.41, 5.74) is -0.200. The summed E-state index contributed by atoms with van der Waals surface area (Å²) in [7, 11) is 1.56. The zero-order valence-electron chi connectivity index (χ0n) is 15.7. The molecule has 6 heteroatoms. The lowest BCUT2D eigenvalue weighted by Gasteiger charge is -2.34. The Morgan fingerprint density at radius 3 is 2.69 bits per heavy atom. The van der Waals surface area contributed by atoms with E-state index in [1.807, 2.05) is 30.9 Å². The summed E-state index contributed by atoms with van der Waals surface area (Å²) in [6.07, 6.45) is 3.71. The Hall–Kier alpha value is -2.08. The fraction of sp³-hybridized carbons (Fsp3) is 0.600. The van der Waals surface area contributed by atoms with E-state index < -0.39 is 5.54 Å². The van der Waals surface area contributed by atoms with Gasteiger partial charge in [-0.3, -0.25) is 4.79 Å². The number of para-hydroxylation sites is 2. The fourth-order valence-corrected chi connectivity index (χ4v) is 5.19. The summed E-state index contributed by atoms with van der Waals surface area (Å²) in [4.78, 5) is 30.2. The molecule has 0 radical (unpaired) electrons. The van der Waals surface area contributed by atoms with E-state index in [9.17, 15) is 9.59 Å². The Bertz CT molecular complexity index is 719. The van der Waals surface area contributed by atoms with Crippen molar-refractivity contribution in [2.24, 2.45) is 5.92 Å². The number of rotatable bonds is 3. The number of urea groups is 1. The van der Waals surface area contributed by atoms with Crippen LogP contribution in [-0.4, -0.2) is 48.1 Å². The number of ether oxygens (including phenoxy) is 1. The number of piperidine rings is 1. The van der Waals surface area contributed by atoms with Crippen molar-refractivity contribution in [1.29, 1.82) is 0 Å². The van der Waals surface area contributed by atoms with Gasteiger partial charge in [-0.1, -0.05) is 12.1 Å². The quantitative estimate of drug-likeness (QED) is 0.845. The topological polar surface area (TPSA) is 61.9 Å². The second-order valence-corrected chi connectivity index (χ2v) is 7.96. The first kappa shape index (κ1) is 17.3. The van der Waals surface area contributed by atoms with E-state index in [2.05, 4.69) is 5.32 Å². The van der Waals surface area contributed by atoms with Gasteiger partial charge in [0.2, 0.25) is 0 Å². The monoisotopic (exact) mass is 357 g/mol. The zero-order chi connectivity index (χ0) is 18.5. The number of carbonyl (C=O) groups excluding carboxylic acids is 2. The smallest absolute Gasteiger partial charge is 0.332 e. The number of methoxy groups -OCH3 is 1. The van der Waals surface area contributed by atoms with Crippen molar-refractivity contribution in [3.05, 3.63) is 24.3 Å². The van der Waals surface area contributed by atoms with E-state index in [-0.39, 0.29) is 18.0 Å². The maximum atomic E-state index is 13.6. The van der Waals surface area contributed by atoms with Gasteiger partial charge in [0.05, 0.1) is 12.8 Å². The van der Waals surface area contributed by atoms with Gasteiger partial charge in [-0.25, -0.2) is 9.69 Å². The molecule has 3 atom stereocenters.